The van der Waals surface area contributed by atoms with E-state index in [0.29, 0.717) is 6.67 Å². The second-order valence-corrected chi connectivity index (χ2v) is 5.32. The maximum atomic E-state index is 12.0. The van der Waals surface area contributed by atoms with Gasteiger partial charge in [-0.1, -0.05) is 0 Å². The molecule has 0 saturated carbocycles. The molecular formula is C12H14ClN3OS. The number of hydrogen-bond donors (Lipinski definition) is 0. The average molecular weight is 284 g/mol. The summed E-state index contributed by atoms with van der Waals surface area (Å²) in [6.45, 7) is 4.39. The van der Waals surface area contributed by atoms with Crippen LogP contribution in [0.25, 0.3) is 0 Å². The van der Waals surface area contributed by atoms with Crippen molar-refractivity contribution in [2.45, 2.75) is 20.5 Å². The summed E-state index contributed by atoms with van der Waals surface area (Å²) in [6, 6.07) is 1.83. The molecule has 0 radical (unpaired) electrons. The van der Waals surface area contributed by atoms with Crippen molar-refractivity contribution in [3.63, 3.8) is 0 Å². The predicted octanol–water partition coefficient (Wildman–Crippen LogP) is 2.79. The Morgan fingerprint density at radius 1 is 1.56 bits per heavy atom. The Balaban J connectivity index is 2.34. The number of rotatable bonds is 4. The Kier molecular flexibility index (Phi) is 4.04. The topological polar surface area (TPSA) is 38.1 Å². The minimum Gasteiger partial charge on any atom is -0.290 e. The van der Waals surface area contributed by atoms with E-state index in [4.69, 9.17) is 11.6 Å². The van der Waals surface area contributed by atoms with Gasteiger partial charge >= 0.3 is 0 Å². The molecule has 0 aliphatic rings. The fraction of sp³-hybridized carbons (Fsp3) is 0.333. The van der Waals surface area contributed by atoms with E-state index >= 15 is 0 Å². The molecule has 4 nitrogen and oxygen atoms in total. The zero-order valence-corrected chi connectivity index (χ0v) is 11.8. The molecule has 0 saturated heterocycles. The van der Waals surface area contributed by atoms with Crippen LogP contribution in [0, 0.1) is 13.8 Å². The van der Waals surface area contributed by atoms with E-state index in [1.54, 1.807) is 27.1 Å². The molecule has 2 aromatic rings. The van der Waals surface area contributed by atoms with Crippen molar-refractivity contribution in [2.75, 3.05) is 10.8 Å². The molecule has 2 aromatic heterocycles. The summed E-state index contributed by atoms with van der Waals surface area (Å²) in [4.78, 5) is 14.8. The maximum Gasteiger partial charge on any atom is 0.243 e. The molecule has 0 unspecified atom stereocenters. The smallest absolute Gasteiger partial charge is 0.243 e. The van der Waals surface area contributed by atoms with Gasteiger partial charge in [-0.2, -0.15) is 5.10 Å². The molecule has 0 aliphatic heterocycles. The molecule has 0 bridgehead atoms. The van der Waals surface area contributed by atoms with Gasteiger partial charge in [0.15, 0.2) is 0 Å². The summed E-state index contributed by atoms with van der Waals surface area (Å²) in [6.07, 6.45) is 3.52. The zero-order chi connectivity index (χ0) is 13.1. The maximum absolute atomic E-state index is 12.0. The van der Waals surface area contributed by atoms with Crippen molar-refractivity contribution in [3.8, 4) is 0 Å². The summed E-state index contributed by atoms with van der Waals surface area (Å²) >= 11 is 7.32. The molecular weight excluding hydrogens is 270 g/mol. The highest BCUT2D eigenvalue weighted by atomic mass is 35.5. The van der Waals surface area contributed by atoms with Crippen molar-refractivity contribution >= 4 is 34.5 Å². The molecule has 0 aromatic carbocycles. The third kappa shape index (κ3) is 2.57. The van der Waals surface area contributed by atoms with Gasteiger partial charge in [0.05, 0.1) is 5.69 Å². The highest BCUT2D eigenvalue weighted by molar-refractivity contribution is 7.10. The lowest BCUT2D eigenvalue weighted by atomic mass is 10.2. The lowest BCUT2D eigenvalue weighted by Crippen LogP contribution is -2.34. The fourth-order valence-electron chi connectivity index (χ4n) is 1.84. The van der Waals surface area contributed by atoms with Gasteiger partial charge in [0.2, 0.25) is 5.91 Å². The lowest BCUT2D eigenvalue weighted by Gasteiger charge is -2.23. The Morgan fingerprint density at radius 2 is 2.33 bits per heavy atom. The third-order valence-electron chi connectivity index (χ3n) is 2.65. The summed E-state index contributed by atoms with van der Waals surface area (Å²) < 4.78 is 1.71. The van der Waals surface area contributed by atoms with Crippen molar-refractivity contribution in [1.29, 1.82) is 0 Å². The van der Waals surface area contributed by atoms with E-state index in [1.807, 2.05) is 31.5 Å². The number of halogens is 1. The fourth-order valence-corrected chi connectivity index (χ4v) is 2.84. The van der Waals surface area contributed by atoms with E-state index in [0.717, 1.165) is 16.1 Å². The van der Waals surface area contributed by atoms with Crippen LogP contribution in [-0.2, 0) is 11.5 Å². The Bertz CT molecular complexity index is 516. The van der Waals surface area contributed by atoms with Gasteiger partial charge in [-0.05, 0) is 30.9 Å². The predicted molar refractivity (Wildman–Crippen MR) is 74.2 cm³/mol. The van der Waals surface area contributed by atoms with Gasteiger partial charge in [0, 0.05) is 17.3 Å². The SMILES string of the molecule is Cc1csc(C)c1N(Cn1cccn1)C(=O)CCl. The molecule has 6 heteroatoms. The Hall–Kier alpha value is -1.33. The number of thiophene rings is 1. The van der Waals surface area contributed by atoms with Crippen LogP contribution in [0.3, 0.4) is 0 Å². The molecule has 0 atom stereocenters. The summed E-state index contributed by atoms with van der Waals surface area (Å²) in [5, 5.41) is 6.17. The summed E-state index contributed by atoms with van der Waals surface area (Å²) in [7, 11) is 0. The van der Waals surface area contributed by atoms with Gasteiger partial charge in [0.1, 0.15) is 12.5 Å². The second kappa shape index (κ2) is 5.54. The number of nitrogens with zero attached hydrogens (tertiary/aromatic N) is 3. The number of amides is 1. The van der Waals surface area contributed by atoms with E-state index in [-0.39, 0.29) is 11.8 Å². The Labute approximate surface area is 115 Å². The number of aromatic nitrogens is 2. The van der Waals surface area contributed by atoms with Crippen LogP contribution in [0.1, 0.15) is 10.4 Å². The first-order valence-corrected chi connectivity index (χ1v) is 6.93. The lowest BCUT2D eigenvalue weighted by molar-refractivity contribution is -0.116. The van der Waals surface area contributed by atoms with Crippen LogP contribution >= 0.6 is 22.9 Å². The molecule has 18 heavy (non-hydrogen) atoms. The first-order chi connectivity index (χ1) is 8.63. The standard InChI is InChI=1S/C12H14ClN3OS/c1-9-7-18-10(2)12(9)16(11(17)6-13)8-15-5-3-4-14-15/h3-5,7H,6,8H2,1-2H3. The van der Waals surface area contributed by atoms with Crippen molar-refractivity contribution in [2.24, 2.45) is 0 Å². The molecule has 0 N–H and O–H groups in total. The number of hydrogen-bond acceptors (Lipinski definition) is 3. The minimum absolute atomic E-state index is 0.0318. The largest absolute Gasteiger partial charge is 0.290 e. The van der Waals surface area contributed by atoms with E-state index < -0.39 is 0 Å². The molecule has 2 rings (SSSR count). The van der Waals surface area contributed by atoms with Gasteiger partial charge in [0.25, 0.3) is 0 Å². The molecule has 0 spiro atoms. The van der Waals surface area contributed by atoms with Crippen molar-refractivity contribution in [3.05, 3.63) is 34.3 Å². The van der Waals surface area contributed by atoms with Gasteiger partial charge < -0.3 is 0 Å². The molecule has 96 valence electrons. The minimum atomic E-state index is -0.114. The monoisotopic (exact) mass is 283 g/mol. The van der Waals surface area contributed by atoms with Crippen LogP contribution in [0.15, 0.2) is 23.8 Å². The normalized spacial score (nSPS) is 10.6. The van der Waals surface area contributed by atoms with Crippen LogP contribution in [0.4, 0.5) is 5.69 Å². The van der Waals surface area contributed by atoms with Crippen molar-refractivity contribution < 1.29 is 4.79 Å². The number of alkyl halides is 1. The van der Waals surface area contributed by atoms with Crippen molar-refractivity contribution in [1.82, 2.24) is 9.78 Å². The Morgan fingerprint density at radius 3 is 2.83 bits per heavy atom. The van der Waals surface area contributed by atoms with Crippen LogP contribution in [0.2, 0.25) is 0 Å². The summed E-state index contributed by atoms with van der Waals surface area (Å²) in [5.74, 6) is -0.146. The summed E-state index contributed by atoms with van der Waals surface area (Å²) in [5.41, 5.74) is 2.03. The van der Waals surface area contributed by atoms with E-state index in [9.17, 15) is 4.79 Å². The van der Waals surface area contributed by atoms with Gasteiger partial charge in [-0.15, -0.1) is 22.9 Å². The van der Waals surface area contributed by atoms with E-state index in [1.165, 1.54) is 0 Å². The molecule has 2 heterocycles. The number of aryl methyl sites for hydroxylation is 2. The highest BCUT2D eigenvalue weighted by Gasteiger charge is 2.20. The van der Waals surface area contributed by atoms with Crippen LogP contribution in [-0.4, -0.2) is 21.6 Å². The molecule has 0 aliphatic carbocycles. The van der Waals surface area contributed by atoms with E-state index in [2.05, 4.69) is 5.10 Å². The third-order valence-corrected chi connectivity index (χ3v) is 3.90. The average Bonchev–Trinajstić information content (AvgIpc) is 2.97. The van der Waals surface area contributed by atoms with Gasteiger partial charge in [-0.25, -0.2) is 0 Å². The first kappa shape index (κ1) is 13.1. The number of anilines is 1. The van der Waals surface area contributed by atoms with Crippen LogP contribution < -0.4 is 4.90 Å². The quantitative estimate of drug-likeness (QED) is 0.809. The second-order valence-electron chi connectivity index (χ2n) is 3.97. The van der Waals surface area contributed by atoms with Gasteiger partial charge in [-0.3, -0.25) is 14.4 Å². The van der Waals surface area contributed by atoms with Crippen LogP contribution in [0.5, 0.6) is 0 Å². The zero-order valence-electron chi connectivity index (χ0n) is 10.3. The number of carbonyl (C=O) groups excluding carboxylic acids is 1. The first-order valence-electron chi connectivity index (χ1n) is 5.52. The molecule has 1 amide bonds. The number of carbonyl (C=O) groups is 1. The highest BCUT2D eigenvalue weighted by Crippen LogP contribution is 2.31. The molecule has 0 fully saturated rings.